The van der Waals surface area contributed by atoms with Gasteiger partial charge in [0.05, 0.1) is 30.9 Å². The van der Waals surface area contributed by atoms with Crippen LogP contribution in [0.5, 0.6) is 17.2 Å². The van der Waals surface area contributed by atoms with Crippen LogP contribution in [0.2, 0.25) is 0 Å². The first kappa shape index (κ1) is 25.4. The minimum Gasteiger partial charge on any atom is -0.492 e. The first-order chi connectivity index (χ1) is 18.7. The van der Waals surface area contributed by atoms with Crippen molar-refractivity contribution in [2.24, 2.45) is 0 Å². The number of hydrogen-bond acceptors (Lipinski definition) is 9. The molecular weight excluding hydrogens is 504 g/mol. The molecule has 194 valence electrons. The number of ether oxygens (including phenoxy) is 3. The Bertz CT molecular complexity index is 1420. The van der Waals surface area contributed by atoms with Crippen LogP contribution in [0.15, 0.2) is 60.2 Å². The summed E-state index contributed by atoms with van der Waals surface area (Å²) in [5.41, 5.74) is 1.70. The molecule has 11 heteroatoms. The van der Waals surface area contributed by atoms with Gasteiger partial charge in [-0.2, -0.15) is 5.26 Å². The molecule has 0 aliphatic carbocycles. The number of carbonyl (C=O) groups is 1. The van der Waals surface area contributed by atoms with Gasteiger partial charge < -0.3 is 19.5 Å². The molecule has 1 aliphatic rings. The topological polar surface area (TPSA) is 122 Å². The molecule has 1 fully saturated rings. The molecular formula is C27H26N6O4S. The number of amides is 2. The molecule has 2 amide bonds. The molecule has 2 N–H and O–H groups in total. The van der Waals surface area contributed by atoms with Gasteiger partial charge in [0.2, 0.25) is 0 Å². The second-order valence-electron chi connectivity index (χ2n) is 8.49. The second kappa shape index (κ2) is 12.3. The number of nitrogens with zero attached hydrogens (tertiary/aromatic N) is 4. The summed E-state index contributed by atoms with van der Waals surface area (Å²) in [6, 6.07) is 14.1. The Morgan fingerprint density at radius 2 is 1.92 bits per heavy atom. The molecule has 0 radical (unpaired) electrons. The number of hydrogen-bond donors (Lipinski definition) is 2. The molecule has 10 nitrogen and oxygen atoms in total. The van der Waals surface area contributed by atoms with Crippen LogP contribution < -0.4 is 20.1 Å². The van der Waals surface area contributed by atoms with E-state index in [0.29, 0.717) is 51.1 Å². The van der Waals surface area contributed by atoms with Crippen molar-refractivity contribution in [3.05, 3.63) is 65.8 Å². The number of anilines is 2. The van der Waals surface area contributed by atoms with Gasteiger partial charge in [0.1, 0.15) is 23.3 Å². The summed E-state index contributed by atoms with van der Waals surface area (Å²) >= 11 is 1.34. The first-order valence-corrected chi connectivity index (χ1v) is 13.1. The van der Waals surface area contributed by atoms with Crippen molar-refractivity contribution in [2.45, 2.75) is 6.42 Å². The van der Waals surface area contributed by atoms with Gasteiger partial charge >= 0.3 is 6.03 Å². The lowest BCUT2D eigenvalue weighted by atomic mass is 10.1. The first-order valence-electron chi connectivity index (χ1n) is 12.2. The molecule has 0 saturated carbocycles. The Morgan fingerprint density at radius 1 is 1.08 bits per heavy atom. The molecule has 1 aliphatic heterocycles. The molecule has 2 aromatic carbocycles. The molecule has 0 spiro atoms. The van der Waals surface area contributed by atoms with E-state index in [1.165, 1.54) is 11.3 Å². The largest absolute Gasteiger partial charge is 0.492 e. The van der Waals surface area contributed by atoms with E-state index in [-0.39, 0.29) is 6.03 Å². The van der Waals surface area contributed by atoms with E-state index < -0.39 is 0 Å². The van der Waals surface area contributed by atoms with Crippen LogP contribution >= 0.6 is 11.3 Å². The molecule has 3 heterocycles. The van der Waals surface area contributed by atoms with E-state index in [4.69, 9.17) is 14.2 Å². The molecule has 1 saturated heterocycles. The summed E-state index contributed by atoms with van der Waals surface area (Å²) in [5.74, 6) is 1.65. The zero-order valence-electron chi connectivity index (χ0n) is 20.6. The highest BCUT2D eigenvalue weighted by molar-refractivity contribution is 7.13. The van der Waals surface area contributed by atoms with Crippen molar-refractivity contribution in [2.75, 3.05) is 50.1 Å². The van der Waals surface area contributed by atoms with Crippen LogP contribution in [-0.2, 0) is 4.74 Å². The van der Waals surface area contributed by atoms with Crippen LogP contribution in [0.1, 0.15) is 12.0 Å². The van der Waals surface area contributed by atoms with Gasteiger partial charge in [0.25, 0.3) is 0 Å². The van der Waals surface area contributed by atoms with Gasteiger partial charge in [-0.25, -0.2) is 9.78 Å². The van der Waals surface area contributed by atoms with Crippen LogP contribution in [-0.4, -0.2) is 60.4 Å². The van der Waals surface area contributed by atoms with Gasteiger partial charge in [-0.15, -0.1) is 11.3 Å². The highest BCUT2D eigenvalue weighted by Crippen LogP contribution is 2.33. The fraction of sp³-hybridized carbons (Fsp3) is 0.259. The summed E-state index contributed by atoms with van der Waals surface area (Å²) in [4.78, 5) is 22.9. The van der Waals surface area contributed by atoms with Gasteiger partial charge in [0, 0.05) is 54.5 Å². The van der Waals surface area contributed by atoms with Gasteiger partial charge in [0.15, 0.2) is 5.13 Å². The number of benzene rings is 2. The smallest absolute Gasteiger partial charge is 0.325 e. The number of nitrogens with one attached hydrogen (secondary N) is 2. The number of urea groups is 1. The number of thiazole rings is 1. The lowest BCUT2D eigenvalue weighted by Crippen LogP contribution is -2.37. The van der Waals surface area contributed by atoms with Crippen LogP contribution in [0.25, 0.3) is 10.9 Å². The minimum atomic E-state index is -0.378. The molecule has 38 heavy (non-hydrogen) atoms. The predicted molar refractivity (Wildman–Crippen MR) is 145 cm³/mol. The maximum Gasteiger partial charge on any atom is 0.325 e. The van der Waals surface area contributed by atoms with Crippen molar-refractivity contribution in [1.29, 1.82) is 5.26 Å². The number of morpholine rings is 1. The third-order valence-corrected chi connectivity index (χ3v) is 6.58. The Hall–Kier alpha value is -4.24. The summed E-state index contributed by atoms with van der Waals surface area (Å²) in [6.07, 6.45) is 4.14. The SMILES string of the molecule is N#Cc1cc2c(Oc3ccc(NC(=O)Nc4nccs4)cc3)ccnc2cc1OCCCN1CCOCC1. The zero-order valence-corrected chi connectivity index (χ0v) is 21.4. The van der Waals surface area contributed by atoms with Crippen molar-refractivity contribution in [3.63, 3.8) is 0 Å². The number of rotatable bonds is 9. The molecule has 0 atom stereocenters. The second-order valence-corrected chi connectivity index (χ2v) is 9.38. The number of pyridine rings is 1. The van der Waals surface area contributed by atoms with Crippen LogP contribution in [0, 0.1) is 11.3 Å². The summed E-state index contributed by atoms with van der Waals surface area (Å²) in [7, 11) is 0. The Morgan fingerprint density at radius 3 is 2.68 bits per heavy atom. The maximum atomic E-state index is 12.1. The monoisotopic (exact) mass is 530 g/mol. The van der Waals surface area contributed by atoms with E-state index in [2.05, 4.69) is 31.6 Å². The molecule has 5 rings (SSSR count). The zero-order chi connectivity index (χ0) is 26.2. The highest BCUT2D eigenvalue weighted by Gasteiger charge is 2.13. The molecule has 0 unspecified atom stereocenters. The third-order valence-electron chi connectivity index (χ3n) is 5.90. The van der Waals surface area contributed by atoms with E-state index in [0.717, 1.165) is 39.3 Å². The third kappa shape index (κ3) is 6.54. The van der Waals surface area contributed by atoms with Crippen molar-refractivity contribution in [3.8, 4) is 23.3 Å². The average Bonchev–Trinajstić information content (AvgIpc) is 3.45. The van der Waals surface area contributed by atoms with Gasteiger partial charge in [-0.1, -0.05) is 0 Å². The highest BCUT2D eigenvalue weighted by atomic mass is 32.1. The summed E-state index contributed by atoms with van der Waals surface area (Å²) in [6.45, 7) is 4.86. The normalized spacial score (nSPS) is 13.6. The van der Waals surface area contributed by atoms with E-state index in [1.54, 1.807) is 60.2 Å². The quantitative estimate of drug-likeness (QED) is 0.287. The molecule has 2 aromatic heterocycles. The number of aromatic nitrogens is 2. The number of carbonyl (C=O) groups excluding carboxylic acids is 1. The van der Waals surface area contributed by atoms with Gasteiger partial charge in [-0.3, -0.25) is 15.2 Å². The van der Waals surface area contributed by atoms with Crippen LogP contribution in [0.3, 0.4) is 0 Å². The standard InChI is InChI=1S/C27H26N6O4S/c28-18-19-16-22-23(17-25(19)36-12-1-9-33-10-13-35-14-11-33)29-7-6-24(22)37-21-4-2-20(3-5-21)31-26(34)32-27-30-8-15-38-27/h2-8,15-17H,1,9-14H2,(H2,30,31,32,34). The number of nitriles is 1. The van der Waals surface area contributed by atoms with E-state index >= 15 is 0 Å². The molecule has 0 bridgehead atoms. The minimum absolute atomic E-state index is 0.378. The Labute approximate surface area is 223 Å². The van der Waals surface area contributed by atoms with Gasteiger partial charge in [-0.05, 0) is 42.8 Å². The Kier molecular flexibility index (Phi) is 8.25. The fourth-order valence-corrected chi connectivity index (χ4v) is 4.54. The lowest BCUT2D eigenvalue weighted by molar-refractivity contribution is 0.0358. The van der Waals surface area contributed by atoms with Crippen molar-refractivity contribution >= 4 is 39.1 Å². The average molecular weight is 531 g/mol. The predicted octanol–water partition coefficient (Wildman–Crippen LogP) is 5.10. The lowest BCUT2D eigenvalue weighted by Gasteiger charge is -2.26. The van der Waals surface area contributed by atoms with E-state index in [9.17, 15) is 10.1 Å². The van der Waals surface area contributed by atoms with E-state index in [1.807, 2.05) is 0 Å². The molecule has 4 aromatic rings. The maximum absolute atomic E-state index is 12.1. The van der Waals surface area contributed by atoms with Crippen LogP contribution in [0.4, 0.5) is 15.6 Å². The van der Waals surface area contributed by atoms with Crippen molar-refractivity contribution in [1.82, 2.24) is 14.9 Å². The summed E-state index contributed by atoms with van der Waals surface area (Å²) in [5, 5.41) is 18.2. The number of fused-ring (bicyclic) bond motifs is 1. The fourth-order valence-electron chi connectivity index (χ4n) is 4.02. The Balaban J connectivity index is 1.22. The summed E-state index contributed by atoms with van der Waals surface area (Å²) < 4.78 is 17.4. The van der Waals surface area contributed by atoms with Crippen molar-refractivity contribution < 1.29 is 19.0 Å².